The van der Waals surface area contributed by atoms with Gasteiger partial charge in [-0.15, -0.1) is 0 Å². The van der Waals surface area contributed by atoms with Crippen molar-refractivity contribution in [2.75, 3.05) is 35.4 Å². The van der Waals surface area contributed by atoms with Crippen molar-refractivity contribution in [3.63, 3.8) is 0 Å². The van der Waals surface area contributed by atoms with Gasteiger partial charge < -0.3 is 14.2 Å². The number of hydrogen-bond donors (Lipinski definition) is 2. The number of ether oxygens (including phenoxy) is 3. The van der Waals surface area contributed by atoms with Crippen molar-refractivity contribution in [1.82, 2.24) is 15.2 Å². The highest BCUT2D eigenvalue weighted by Gasteiger charge is 2.19. The molecule has 32 heavy (non-hydrogen) atoms. The lowest BCUT2D eigenvalue weighted by Gasteiger charge is -2.14. The fourth-order valence-electron chi connectivity index (χ4n) is 2.81. The molecule has 0 aliphatic heterocycles. The van der Waals surface area contributed by atoms with Crippen LogP contribution < -0.4 is 25.1 Å². The maximum absolute atomic E-state index is 12.3. The molecule has 0 spiro atoms. The quantitative estimate of drug-likeness (QED) is 0.536. The van der Waals surface area contributed by atoms with Gasteiger partial charge >= 0.3 is 0 Å². The molecule has 0 heterocycles. The maximum atomic E-state index is 12.3. The predicted molar refractivity (Wildman–Crippen MR) is 117 cm³/mol. The number of rotatable bonds is 9. The van der Waals surface area contributed by atoms with E-state index < -0.39 is 21.8 Å². The number of methoxy groups -OCH3 is 3. The Labute approximate surface area is 187 Å². The Bertz CT molecular complexity index is 1060. The molecule has 0 radical (unpaired) electrons. The van der Waals surface area contributed by atoms with Crippen LogP contribution in [0.5, 0.6) is 17.2 Å². The highest BCUT2D eigenvalue weighted by Crippen LogP contribution is 2.38. The van der Waals surface area contributed by atoms with E-state index >= 15 is 0 Å². The summed E-state index contributed by atoms with van der Waals surface area (Å²) in [5, 5.41) is 0. The monoisotopic (exact) mass is 465 g/mol. The second-order valence-corrected chi connectivity index (χ2v) is 9.00. The van der Waals surface area contributed by atoms with E-state index in [1.807, 2.05) is 0 Å². The summed E-state index contributed by atoms with van der Waals surface area (Å²) in [7, 11) is 3.62. The van der Waals surface area contributed by atoms with Gasteiger partial charge in [-0.05, 0) is 42.3 Å². The summed E-state index contributed by atoms with van der Waals surface area (Å²) in [5.41, 5.74) is 5.49. The molecule has 174 valence electrons. The molecule has 0 aliphatic rings. The van der Waals surface area contributed by atoms with Gasteiger partial charge in [0, 0.05) is 26.1 Å². The molecule has 11 heteroatoms. The third-order valence-corrected chi connectivity index (χ3v) is 6.37. The second-order valence-electron chi connectivity index (χ2n) is 6.85. The minimum Gasteiger partial charge on any atom is -0.493 e. The SMILES string of the molecule is COc1cc(CCC(=O)NNC(=O)c2cccc(S(=O)(=O)N(C)C)c2)cc(OC)c1OC. The van der Waals surface area contributed by atoms with Crippen molar-refractivity contribution in [3.05, 3.63) is 47.5 Å². The number of carbonyl (C=O) groups excluding carboxylic acids is 2. The Hall–Kier alpha value is -3.31. The first kappa shape index (κ1) is 25.0. The Morgan fingerprint density at radius 2 is 1.56 bits per heavy atom. The molecule has 10 nitrogen and oxygen atoms in total. The van der Waals surface area contributed by atoms with E-state index in [0.29, 0.717) is 23.7 Å². The van der Waals surface area contributed by atoms with Crippen molar-refractivity contribution in [2.45, 2.75) is 17.7 Å². The molecule has 0 atom stereocenters. The molecule has 2 N–H and O–H groups in total. The van der Waals surface area contributed by atoms with E-state index in [2.05, 4.69) is 10.9 Å². The summed E-state index contributed by atoms with van der Waals surface area (Å²) in [6.07, 6.45) is 0.433. The summed E-state index contributed by atoms with van der Waals surface area (Å²) in [4.78, 5) is 24.5. The minimum atomic E-state index is -3.68. The molecule has 0 aliphatic carbocycles. The Kier molecular flexibility index (Phi) is 8.44. The first-order valence-corrected chi connectivity index (χ1v) is 11.0. The molecular weight excluding hydrogens is 438 g/mol. The van der Waals surface area contributed by atoms with Crippen LogP contribution in [0.25, 0.3) is 0 Å². The standard InChI is InChI=1S/C21H27N3O7S/c1-24(2)32(27,28)16-8-6-7-15(13-16)21(26)23-22-19(25)10-9-14-11-17(29-3)20(31-5)18(12-14)30-4/h6-8,11-13H,9-10H2,1-5H3,(H,22,25)(H,23,26). The first-order chi connectivity index (χ1) is 15.1. The van der Waals surface area contributed by atoms with E-state index in [-0.39, 0.29) is 16.9 Å². The van der Waals surface area contributed by atoms with Gasteiger partial charge in [0.15, 0.2) is 11.5 Å². The summed E-state index contributed by atoms with van der Waals surface area (Å²) >= 11 is 0. The zero-order valence-electron chi connectivity index (χ0n) is 18.6. The number of sulfonamides is 1. The van der Waals surface area contributed by atoms with Crippen LogP contribution in [0.4, 0.5) is 0 Å². The van der Waals surface area contributed by atoms with Crippen LogP contribution in [-0.4, -0.2) is 60.0 Å². The van der Waals surface area contributed by atoms with Crippen LogP contribution in [0.1, 0.15) is 22.3 Å². The first-order valence-electron chi connectivity index (χ1n) is 9.54. The van der Waals surface area contributed by atoms with E-state index in [9.17, 15) is 18.0 Å². The zero-order valence-corrected chi connectivity index (χ0v) is 19.4. The van der Waals surface area contributed by atoms with Crippen LogP contribution in [0.15, 0.2) is 41.3 Å². The van der Waals surface area contributed by atoms with Crippen LogP contribution >= 0.6 is 0 Å². The molecule has 0 saturated heterocycles. The second kappa shape index (κ2) is 10.8. The van der Waals surface area contributed by atoms with E-state index in [0.717, 1.165) is 9.87 Å². The molecule has 2 aromatic carbocycles. The number of aryl methyl sites for hydroxylation is 1. The van der Waals surface area contributed by atoms with Gasteiger partial charge in [0.1, 0.15) is 0 Å². The Balaban J connectivity index is 1.99. The molecule has 0 saturated carbocycles. The number of nitrogens with zero attached hydrogens (tertiary/aromatic N) is 1. The summed E-state index contributed by atoms with van der Waals surface area (Å²) in [5.74, 6) is 0.339. The van der Waals surface area contributed by atoms with Gasteiger partial charge in [-0.3, -0.25) is 20.4 Å². The van der Waals surface area contributed by atoms with Crippen molar-refractivity contribution in [3.8, 4) is 17.2 Å². The maximum Gasteiger partial charge on any atom is 0.269 e. The number of benzene rings is 2. The number of carbonyl (C=O) groups is 2. The fraction of sp³-hybridized carbons (Fsp3) is 0.333. The van der Waals surface area contributed by atoms with Crippen LogP contribution in [0.3, 0.4) is 0 Å². The lowest BCUT2D eigenvalue weighted by Crippen LogP contribution is -2.41. The van der Waals surface area contributed by atoms with Gasteiger partial charge in [0.05, 0.1) is 26.2 Å². The van der Waals surface area contributed by atoms with Crippen LogP contribution in [0.2, 0.25) is 0 Å². The molecular formula is C21H27N3O7S. The molecule has 0 fully saturated rings. The summed E-state index contributed by atoms with van der Waals surface area (Å²) in [6.45, 7) is 0. The Morgan fingerprint density at radius 1 is 0.938 bits per heavy atom. The lowest BCUT2D eigenvalue weighted by molar-refractivity contribution is -0.121. The predicted octanol–water partition coefficient (Wildman–Crippen LogP) is 1.36. The molecule has 2 amide bonds. The van der Waals surface area contributed by atoms with Crippen molar-refractivity contribution < 1.29 is 32.2 Å². The van der Waals surface area contributed by atoms with Crippen molar-refractivity contribution in [2.24, 2.45) is 0 Å². The third kappa shape index (κ3) is 5.89. The third-order valence-electron chi connectivity index (χ3n) is 4.56. The van der Waals surface area contributed by atoms with Gasteiger partial charge in [-0.25, -0.2) is 12.7 Å². The number of hydrazine groups is 1. The van der Waals surface area contributed by atoms with Crippen LogP contribution in [-0.2, 0) is 21.2 Å². The lowest BCUT2D eigenvalue weighted by atomic mass is 10.1. The average molecular weight is 466 g/mol. The molecule has 0 aromatic heterocycles. The highest BCUT2D eigenvalue weighted by atomic mass is 32.2. The van der Waals surface area contributed by atoms with Gasteiger partial charge in [-0.1, -0.05) is 6.07 Å². The smallest absolute Gasteiger partial charge is 0.269 e. The number of hydrogen-bond acceptors (Lipinski definition) is 7. The summed E-state index contributed by atoms with van der Waals surface area (Å²) < 4.78 is 41.4. The molecule has 0 unspecified atom stereocenters. The fourth-order valence-corrected chi connectivity index (χ4v) is 3.76. The normalized spacial score (nSPS) is 11.1. The average Bonchev–Trinajstić information content (AvgIpc) is 2.80. The van der Waals surface area contributed by atoms with Gasteiger partial charge in [0.25, 0.3) is 5.91 Å². The van der Waals surface area contributed by atoms with Crippen LogP contribution in [0, 0.1) is 0 Å². The van der Waals surface area contributed by atoms with Crippen molar-refractivity contribution >= 4 is 21.8 Å². The molecule has 2 aromatic rings. The minimum absolute atomic E-state index is 0.0242. The summed E-state index contributed by atoms with van der Waals surface area (Å²) in [6, 6.07) is 9.02. The highest BCUT2D eigenvalue weighted by molar-refractivity contribution is 7.89. The largest absolute Gasteiger partial charge is 0.493 e. The topological polar surface area (TPSA) is 123 Å². The Morgan fingerprint density at radius 3 is 2.09 bits per heavy atom. The van der Waals surface area contributed by atoms with Gasteiger partial charge in [0.2, 0.25) is 21.7 Å². The zero-order chi connectivity index (χ0) is 23.9. The molecule has 2 rings (SSSR count). The van der Waals surface area contributed by atoms with Gasteiger partial charge in [-0.2, -0.15) is 0 Å². The molecule has 0 bridgehead atoms. The van der Waals surface area contributed by atoms with E-state index in [1.54, 1.807) is 12.1 Å². The van der Waals surface area contributed by atoms with Crippen molar-refractivity contribution in [1.29, 1.82) is 0 Å². The van der Waals surface area contributed by atoms with E-state index in [4.69, 9.17) is 14.2 Å². The number of amides is 2. The van der Waals surface area contributed by atoms with E-state index in [1.165, 1.54) is 59.7 Å². The number of nitrogens with one attached hydrogen (secondary N) is 2.